The number of aromatic nitrogens is 1. The van der Waals surface area contributed by atoms with E-state index in [0.29, 0.717) is 30.4 Å². The van der Waals surface area contributed by atoms with Gasteiger partial charge in [-0.25, -0.2) is 0 Å². The Labute approximate surface area is 158 Å². The molecule has 3 rings (SSSR count). The number of fused-ring (bicyclic) bond motifs is 1. The van der Waals surface area contributed by atoms with Gasteiger partial charge in [-0.05, 0) is 63.3 Å². The minimum atomic E-state index is -0.669. The SMILES string of the molecule is CC(C)(O)CC1CCN(C(=O)c2cc3cc(NC(=O)CO)ccc3[nH]2)CC1. The van der Waals surface area contributed by atoms with E-state index in [2.05, 4.69) is 10.3 Å². The van der Waals surface area contributed by atoms with E-state index in [1.165, 1.54) is 0 Å². The molecule has 0 atom stereocenters. The minimum Gasteiger partial charge on any atom is -0.390 e. The number of anilines is 1. The fourth-order valence-electron chi connectivity index (χ4n) is 3.74. The number of amides is 2. The van der Waals surface area contributed by atoms with E-state index in [1.54, 1.807) is 24.3 Å². The summed E-state index contributed by atoms with van der Waals surface area (Å²) in [6.07, 6.45) is 2.55. The molecule has 0 spiro atoms. The molecule has 2 aromatic rings. The summed E-state index contributed by atoms with van der Waals surface area (Å²) in [4.78, 5) is 29.1. The smallest absolute Gasteiger partial charge is 0.270 e. The average molecular weight is 373 g/mol. The van der Waals surface area contributed by atoms with Gasteiger partial charge in [0.1, 0.15) is 12.3 Å². The van der Waals surface area contributed by atoms with Gasteiger partial charge in [0, 0.05) is 29.7 Å². The normalized spacial score (nSPS) is 15.9. The van der Waals surface area contributed by atoms with Crippen molar-refractivity contribution in [3.8, 4) is 0 Å². The van der Waals surface area contributed by atoms with Gasteiger partial charge in [-0.1, -0.05) is 0 Å². The van der Waals surface area contributed by atoms with Gasteiger partial charge in [-0.2, -0.15) is 0 Å². The summed E-state index contributed by atoms with van der Waals surface area (Å²) in [7, 11) is 0. The van der Waals surface area contributed by atoms with E-state index in [0.717, 1.165) is 30.2 Å². The van der Waals surface area contributed by atoms with Crippen molar-refractivity contribution in [3.05, 3.63) is 30.0 Å². The number of H-pyrrole nitrogens is 1. The van der Waals surface area contributed by atoms with E-state index >= 15 is 0 Å². The lowest BCUT2D eigenvalue weighted by atomic mass is 9.86. The maximum absolute atomic E-state index is 12.8. The number of aromatic amines is 1. The van der Waals surface area contributed by atoms with E-state index in [9.17, 15) is 14.7 Å². The molecule has 0 unspecified atom stereocenters. The molecule has 27 heavy (non-hydrogen) atoms. The molecule has 0 bridgehead atoms. The highest BCUT2D eigenvalue weighted by Crippen LogP contribution is 2.27. The van der Waals surface area contributed by atoms with Crippen molar-refractivity contribution in [1.82, 2.24) is 9.88 Å². The van der Waals surface area contributed by atoms with Gasteiger partial charge < -0.3 is 25.4 Å². The van der Waals surface area contributed by atoms with E-state index in [4.69, 9.17) is 5.11 Å². The molecule has 0 saturated carbocycles. The number of likely N-dealkylation sites (tertiary alicyclic amines) is 1. The predicted molar refractivity (Wildman–Crippen MR) is 104 cm³/mol. The number of rotatable bonds is 5. The van der Waals surface area contributed by atoms with Crippen molar-refractivity contribution in [2.75, 3.05) is 25.0 Å². The number of nitrogens with one attached hydrogen (secondary N) is 2. The topological polar surface area (TPSA) is 106 Å². The molecule has 1 saturated heterocycles. The molecule has 7 heteroatoms. The largest absolute Gasteiger partial charge is 0.390 e. The molecule has 1 aromatic carbocycles. The van der Waals surface area contributed by atoms with Gasteiger partial charge in [-0.15, -0.1) is 0 Å². The van der Waals surface area contributed by atoms with Crippen molar-refractivity contribution in [2.24, 2.45) is 5.92 Å². The molecule has 1 aromatic heterocycles. The van der Waals surface area contributed by atoms with Crippen LogP contribution < -0.4 is 5.32 Å². The molecule has 1 aliphatic heterocycles. The molecule has 146 valence electrons. The summed E-state index contributed by atoms with van der Waals surface area (Å²) in [6, 6.07) is 7.08. The molecule has 4 N–H and O–H groups in total. The van der Waals surface area contributed by atoms with Crippen LogP contribution in [0.25, 0.3) is 10.9 Å². The molecule has 2 amide bonds. The lowest BCUT2D eigenvalue weighted by molar-refractivity contribution is -0.118. The number of carbonyl (C=O) groups excluding carboxylic acids is 2. The quantitative estimate of drug-likeness (QED) is 0.644. The van der Waals surface area contributed by atoms with E-state index < -0.39 is 18.1 Å². The Morgan fingerprint density at radius 2 is 1.96 bits per heavy atom. The van der Waals surface area contributed by atoms with Crippen LogP contribution in [-0.4, -0.2) is 57.2 Å². The van der Waals surface area contributed by atoms with Crippen LogP contribution in [0.2, 0.25) is 0 Å². The van der Waals surface area contributed by atoms with Crippen LogP contribution in [0.5, 0.6) is 0 Å². The molecular formula is C20H27N3O4. The highest BCUT2D eigenvalue weighted by molar-refractivity contribution is 6.00. The van der Waals surface area contributed by atoms with E-state index in [1.807, 2.05) is 18.7 Å². The fourth-order valence-corrected chi connectivity index (χ4v) is 3.74. The van der Waals surface area contributed by atoms with E-state index in [-0.39, 0.29) is 5.91 Å². The number of piperidine rings is 1. The molecule has 2 heterocycles. The highest BCUT2D eigenvalue weighted by atomic mass is 16.3. The van der Waals surface area contributed by atoms with Crippen LogP contribution in [0.1, 0.15) is 43.6 Å². The van der Waals surface area contributed by atoms with Crippen LogP contribution in [0, 0.1) is 5.92 Å². The van der Waals surface area contributed by atoms with Gasteiger partial charge in [0.05, 0.1) is 5.60 Å². The number of hydrogen-bond acceptors (Lipinski definition) is 4. The third kappa shape index (κ3) is 4.87. The molecule has 0 aliphatic carbocycles. The lowest BCUT2D eigenvalue weighted by Gasteiger charge is -2.34. The number of aliphatic hydroxyl groups is 2. The zero-order chi connectivity index (χ0) is 19.6. The second kappa shape index (κ2) is 7.70. The first-order chi connectivity index (χ1) is 12.7. The number of benzene rings is 1. The number of hydrogen-bond donors (Lipinski definition) is 4. The van der Waals surface area contributed by atoms with Crippen LogP contribution >= 0.6 is 0 Å². The Balaban J connectivity index is 1.67. The van der Waals surface area contributed by atoms with Crippen LogP contribution in [0.3, 0.4) is 0 Å². The summed E-state index contributed by atoms with van der Waals surface area (Å²) in [5, 5.41) is 22.2. The number of nitrogens with zero attached hydrogens (tertiary/aromatic N) is 1. The van der Waals surface area contributed by atoms with Gasteiger partial charge in [0.2, 0.25) is 5.91 Å². The average Bonchev–Trinajstić information content (AvgIpc) is 3.03. The molecule has 7 nitrogen and oxygen atoms in total. The molecular weight excluding hydrogens is 346 g/mol. The van der Waals surface area contributed by atoms with Crippen LogP contribution in [0.4, 0.5) is 5.69 Å². The molecule has 1 aliphatic rings. The van der Waals surface area contributed by atoms with Gasteiger partial charge in [0.25, 0.3) is 5.91 Å². The standard InChI is InChI=1S/C20H27N3O4/c1-20(2,27)11-13-5-7-23(8-6-13)19(26)17-10-14-9-15(21-18(25)12-24)3-4-16(14)22-17/h3-4,9-10,13,22,24,27H,5-8,11-12H2,1-2H3,(H,21,25). The lowest BCUT2D eigenvalue weighted by Crippen LogP contribution is -2.40. The number of carbonyl (C=O) groups is 2. The zero-order valence-electron chi connectivity index (χ0n) is 15.8. The van der Waals surface area contributed by atoms with Gasteiger partial charge in [-0.3, -0.25) is 9.59 Å². The van der Waals surface area contributed by atoms with Crippen molar-refractivity contribution >= 4 is 28.4 Å². The van der Waals surface area contributed by atoms with Crippen LogP contribution in [0.15, 0.2) is 24.3 Å². The summed E-state index contributed by atoms with van der Waals surface area (Å²) >= 11 is 0. The first kappa shape index (κ1) is 19.4. The summed E-state index contributed by atoms with van der Waals surface area (Å²) in [5.41, 5.74) is 1.25. The summed E-state index contributed by atoms with van der Waals surface area (Å²) < 4.78 is 0. The monoisotopic (exact) mass is 373 g/mol. The Kier molecular flexibility index (Phi) is 5.53. The van der Waals surface area contributed by atoms with Crippen molar-refractivity contribution < 1.29 is 19.8 Å². The summed E-state index contributed by atoms with van der Waals surface area (Å²) in [5.74, 6) is -0.0709. The predicted octanol–water partition coefficient (Wildman–Crippen LogP) is 2.11. The highest BCUT2D eigenvalue weighted by Gasteiger charge is 2.28. The second-order valence-electron chi connectivity index (χ2n) is 7.94. The maximum atomic E-state index is 12.8. The van der Waals surface area contributed by atoms with Crippen molar-refractivity contribution in [1.29, 1.82) is 0 Å². The molecule has 0 radical (unpaired) electrons. The van der Waals surface area contributed by atoms with Gasteiger partial charge >= 0.3 is 0 Å². The second-order valence-corrected chi connectivity index (χ2v) is 7.94. The Morgan fingerprint density at radius 3 is 2.59 bits per heavy atom. The van der Waals surface area contributed by atoms with Crippen LogP contribution in [-0.2, 0) is 4.79 Å². The summed E-state index contributed by atoms with van der Waals surface area (Å²) in [6.45, 7) is 4.45. The third-order valence-corrected chi connectivity index (χ3v) is 4.97. The number of aliphatic hydroxyl groups excluding tert-OH is 1. The first-order valence-electron chi connectivity index (χ1n) is 9.30. The molecule has 1 fully saturated rings. The Hall–Kier alpha value is -2.38. The van der Waals surface area contributed by atoms with Crippen molar-refractivity contribution in [3.63, 3.8) is 0 Å². The minimum absolute atomic E-state index is 0.0335. The fraction of sp³-hybridized carbons (Fsp3) is 0.500. The van der Waals surface area contributed by atoms with Crippen molar-refractivity contribution in [2.45, 2.75) is 38.7 Å². The Bertz CT molecular complexity index is 829. The third-order valence-electron chi connectivity index (χ3n) is 4.97. The van der Waals surface area contributed by atoms with Gasteiger partial charge in [0.15, 0.2) is 0 Å². The zero-order valence-corrected chi connectivity index (χ0v) is 15.8. The maximum Gasteiger partial charge on any atom is 0.270 e. The Morgan fingerprint density at radius 1 is 1.26 bits per heavy atom. The first-order valence-corrected chi connectivity index (χ1v) is 9.30.